The van der Waals surface area contributed by atoms with E-state index in [2.05, 4.69) is 15.9 Å². The molecule has 0 N–H and O–H groups in total. The summed E-state index contributed by atoms with van der Waals surface area (Å²) in [6.45, 7) is 1.73. The first kappa shape index (κ1) is 16.2. The Kier molecular flexibility index (Phi) is 5.67. The maximum absolute atomic E-state index is 11.9. The van der Waals surface area contributed by atoms with Crippen LogP contribution in [0.4, 0.5) is 0 Å². The molecule has 2 aromatic rings. The Balaban J connectivity index is 1.86. The second kappa shape index (κ2) is 7.71. The summed E-state index contributed by atoms with van der Waals surface area (Å²) in [5.74, 6) is -0.768. The Morgan fingerprint density at radius 2 is 1.68 bits per heavy atom. The summed E-state index contributed by atoms with van der Waals surface area (Å²) in [5.41, 5.74) is 2.57. The van der Waals surface area contributed by atoms with Gasteiger partial charge in [0, 0.05) is 16.1 Å². The van der Waals surface area contributed by atoms with E-state index in [0.29, 0.717) is 5.56 Å². The van der Waals surface area contributed by atoms with E-state index in [4.69, 9.17) is 4.74 Å². The molecule has 0 unspecified atom stereocenters. The van der Waals surface area contributed by atoms with Crippen molar-refractivity contribution < 1.29 is 14.3 Å². The second-order valence-electron chi connectivity index (χ2n) is 4.78. The van der Waals surface area contributed by atoms with Gasteiger partial charge in [0.25, 0.3) is 0 Å². The van der Waals surface area contributed by atoms with E-state index in [1.165, 1.54) is 6.08 Å². The van der Waals surface area contributed by atoms with Gasteiger partial charge in [-0.1, -0.05) is 57.9 Å². The number of carbonyl (C=O) groups excluding carboxylic acids is 2. The first-order valence-electron chi connectivity index (χ1n) is 6.75. The smallest absolute Gasteiger partial charge is 0.331 e. The number of benzene rings is 2. The van der Waals surface area contributed by atoms with Crippen molar-refractivity contribution in [3.63, 3.8) is 0 Å². The first-order valence-corrected chi connectivity index (χ1v) is 7.54. The van der Waals surface area contributed by atoms with Crippen molar-refractivity contribution in [2.45, 2.75) is 6.92 Å². The first-order chi connectivity index (χ1) is 10.5. The van der Waals surface area contributed by atoms with Gasteiger partial charge >= 0.3 is 5.97 Å². The average molecular weight is 359 g/mol. The molecule has 0 aliphatic carbocycles. The fraction of sp³-hybridized carbons (Fsp3) is 0.111. The largest absolute Gasteiger partial charge is 0.454 e. The van der Waals surface area contributed by atoms with Gasteiger partial charge in [0.2, 0.25) is 0 Å². The summed E-state index contributed by atoms with van der Waals surface area (Å²) in [4.78, 5) is 23.5. The van der Waals surface area contributed by atoms with Crippen molar-refractivity contribution >= 4 is 33.8 Å². The maximum Gasteiger partial charge on any atom is 0.331 e. The number of carbonyl (C=O) groups is 2. The molecule has 0 spiro atoms. The zero-order chi connectivity index (χ0) is 15.9. The minimum Gasteiger partial charge on any atom is -0.454 e. The Morgan fingerprint density at radius 1 is 1.05 bits per heavy atom. The van der Waals surface area contributed by atoms with Crippen LogP contribution in [0, 0.1) is 6.92 Å². The zero-order valence-corrected chi connectivity index (χ0v) is 13.7. The summed E-state index contributed by atoms with van der Waals surface area (Å²) >= 11 is 3.30. The lowest BCUT2D eigenvalue weighted by Crippen LogP contribution is -2.12. The highest BCUT2D eigenvalue weighted by Crippen LogP contribution is 2.11. The van der Waals surface area contributed by atoms with E-state index in [-0.39, 0.29) is 12.4 Å². The van der Waals surface area contributed by atoms with Gasteiger partial charge in [0.1, 0.15) is 0 Å². The average Bonchev–Trinajstić information content (AvgIpc) is 2.52. The number of hydrogen-bond donors (Lipinski definition) is 0. The predicted octanol–water partition coefficient (Wildman–Crippen LogP) is 4.20. The highest BCUT2D eigenvalue weighted by atomic mass is 79.9. The number of halogens is 1. The Morgan fingerprint density at radius 3 is 2.32 bits per heavy atom. The molecule has 2 aromatic carbocycles. The van der Waals surface area contributed by atoms with Gasteiger partial charge in [-0.05, 0) is 30.7 Å². The third kappa shape index (κ3) is 4.97. The summed E-state index contributed by atoms with van der Waals surface area (Å²) < 4.78 is 5.84. The van der Waals surface area contributed by atoms with Crippen LogP contribution in [0.25, 0.3) is 6.08 Å². The molecule has 4 heteroatoms. The van der Waals surface area contributed by atoms with E-state index < -0.39 is 5.97 Å². The molecule has 0 fully saturated rings. The van der Waals surface area contributed by atoms with Crippen LogP contribution in [0.2, 0.25) is 0 Å². The van der Waals surface area contributed by atoms with Crippen LogP contribution in [-0.4, -0.2) is 18.4 Å². The van der Waals surface area contributed by atoms with Crippen molar-refractivity contribution in [3.8, 4) is 0 Å². The minimum absolute atomic E-state index is 0.232. The quantitative estimate of drug-likeness (QED) is 0.457. The van der Waals surface area contributed by atoms with Crippen LogP contribution < -0.4 is 0 Å². The van der Waals surface area contributed by atoms with Gasteiger partial charge in [-0.2, -0.15) is 0 Å². The van der Waals surface area contributed by atoms with Crippen LogP contribution in [0.3, 0.4) is 0 Å². The Bertz CT molecular complexity index is 685. The number of ether oxygens (including phenoxy) is 1. The molecule has 22 heavy (non-hydrogen) atoms. The van der Waals surface area contributed by atoms with Gasteiger partial charge in [-0.3, -0.25) is 4.79 Å². The molecule has 0 aromatic heterocycles. The van der Waals surface area contributed by atoms with E-state index in [1.807, 2.05) is 31.2 Å². The van der Waals surface area contributed by atoms with Crippen LogP contribution in [0.15, 0.2) is 59.1 Å². The van der Waals surface area contributed by atoms with Gasteiger partial charge in [-0.25, -0.2) is 4.79 Å². The van der Waals surface area contributed by atoms with Gasteiger partial charge in [0.15, 0.2) is 12.4 Å². The molecule has 0 heterocycles. The van der Waals surface area contributed by atoms with Crippen molar-refractivity contribution in [2.75, 3.05) is 6.61 Å². The predicted molar refractivity (Wildman–Crippen MR) is 89.6 cm³/mol. The molecule has 0 amide bonds. The molecule has 112 valence electrons. The third-order valence-electron chi connectivity index (χ3n) is 3.00. The molecule has 0 atom stereocenters. The molecular formula is C18H15BrO3. The second-order valence-corrected chi connectivity index (χ2v) is 5.70. The number of ketones is 1. The Labute approximate surface area is 137 Å². The molecule has 0 bridgehead atoms. The zero-order valence-electron chi connectivity index (χ0n) is 12.1. The fourth-order valence-corrected chi connectivity index (χ4v) is 2.01. The highest BCUT2D eigenvalue weighted by molar-refractivity contribution is 9.10. The third-order valence-corrected chi connectivity index (χ3v) is 3.53. The molecule has 0 radical (unpaired) electrons. The number of hydrogen-bond acceptors (Lipinski definition) is 3. The summed E-state index contributed by atoms with van der Waals surface area (Å²) in [6, 6.07) is 14.6. The van der Waals surface area contributed by atoms with Gasteiger partial charge in [-0.15, -0.1) is 0 Å². The lowest BCUT2D eigenvalue weighted by molar-refractivity contribution is -0.136. The molecule has 0 saturated carbocycles. The van der Waals surface area contributed by atoms with E-state index in [0.717, 1.165) is 15.6 Å². The van der Waals surface area contributed by atoms with Gasteiger partial charge in [0.05, 0.1) is 0 Å². The van der Waals surface area contributed by atoms with Crippen molar-refractivity contribution in [1.29, 1.82) is 0 Å². The van der Waals surface area contributed by atoms with Crippen LogP contribution >= 0.6 is 15.9 Å². The minimum atomic E-state index is -0.536. The Hall–Kier alpha value is -2.20. The SMILES string of the molecule is Cc1ccc(/C=C/C(=O)OCC(=O)c2ccc(Br)cc2)cc1. The summed E-state index contributed by atoms with van der Waals surface area (Å²) in [7, 11) is 0. The maximum atomic E-state index is 11.9. The molecule has 0 aliphatic heterocycles. The number of Topliss-reactive ketones (excluding diaryl/α,β-unsaturated/α-hetero) is 1. The highest BCUT2D eigenvalue weighted by Gasteiger charge is 2.08. The number of aryl methyl sites for hydroxylation is 1. The molecule has 2 rings (SSSR count). The van der Waals surface area contributed by atoms with E-state index in [9.17, 15) is 9.59 Å². The van der Waals surface area contributed by atoms with Crippen LogP contribution in [0.1, 0.15) is 21.5 Å². The normalized spacial score (nSPS) is 10.6. The summed E-state index contributed by atoms with van der Waals surface area (Å²) in [5, 5.41) is 0. The lowest BCUT2D eigenvalue weighted by Gasteiger charge is -2.02. The molecule has 0 aliphatic rings. The van der Waals surface area contributed by atoms with Crippen LogP contribution in [0.5, 0.6) is 0 Å². The van der Waals surface area contributed by atoms with Crippen molar-refractivity contribution in [2.24, 2.45) is 0 Å². The number of esters is 1. The van der Waals surface area contributed by atoms with Crippen molar-refractivity contribution in [1.82, 2.24) is 0 Å². The fourth-order valence-electron chi connectivity index (χ4n) is 1.75. The molecular weight excluding hydrogens is 344 g/mol. The number of rotatable bonds is 5. The standard InChI is InChI=1S/C18H15BrO3/c1-13-2-4-14(5-3-13)6-11-18(21)22-12-17(20)15-7-9-16(19)10-8-15/h2-11H,12H2,1H3/b11-6+. The van der Waals surface area contributed by atoms with E-state index >= 15 is 0 Å². The summed E-state index contributed by atoms with van der Waals surface area (Å²) in [6.07, 6.45) is 2.98. The van der Waals surface area contributed by atoms with Crippen molar-refractivity contribution in [3.05, 3.63) is 75.8 Å². The lowest BCUT2D eigenvalue weighted by atomic mass is 10.1. The van der Waals surface area contributed by atoms with Crippen LogP contribution in [-0.2, 0) is 9.53 Å². The monoisotopic (exact) mass is 358 g/mol. The van der Waals surface area contributed by atoms with E-state index in [1.54, 1.807) is 30.3 Å². The molecule has 0 saturated heterocycles. The van der Waals surface area contributed by atoms with Gasteiger partial charge < -0.3 is 4.74 Å². The topological polar surface area (TPSA) is 43.4 Å². The molecule has 3 nitrogen and oxygen atoms in total.